The van der Waals surface area contributed by atoms with Crippen LogP contribution in [-0.2, 0) is 9.53 Å². The average Bonchev–Trinajstić information content (AvgIpc) is 3.11. The van der Waals surface area contributed by atoms with Gasteiger partial charge in [0.15, 0.2) is 0 Å². The van der Waals surface area contributed by atoms with Crippen LogP contribution in [0.25, 0.3) is 0 Å². The van der Waals surface area contributed by atoms with E-state index in [0.29, 0.717) is 30.1 Å². The Bertz CT molecular complexity index is 807. The highest BCUT2D eigenvalue weighted by molar-refractivity contribution is 9.09. The normalized spacial score (nSPS) is 35.4. The standard InChI is InChI=1S/C29H45BrO4/c1-19(8-6-14-28(3,4)33)24-12-13-25-21(9-7-15-29(24,25)5)10-11-22-16-23(34-27(32)18-30)17-26(31)20(22)2/h10-11,19,23-26,31,33H,2,6-9,12-18H2,1,3-5H3/b21-10+,22-11-/t19?,23-,24-,25?,26?,29-/m1/s1. The fourth-order valence-corrected chi connectivity index (χ4v) is 7.16. The van der Waals surface area contributed by atoms with Crippen molar-refractivity contribution in [1.82, 2.24) is 0 Å². The van der Waals surface area contributed by atoms with Crippen LogP contribution in [0.4, 0.5) is 0 Å². The van der Waals surface area contributed by atoms with Gasteiger partial charge in [-0.15, -0.1) is 0 Å². The number of alkyl halides is 1. The van der Waals surface area contributed by atoms with Crippen LogP contribution in [0.2, 0.25) is 0 Å². The number of hydrogen-bond donors (Lipinski definition) is 2. The first-order valence-corrected chi connectivity index (χ1v) is 14.3. The first kappa shape index (κ1) is 27.7. The van der Waals surface area contributed by atoms with Crippen LogP contribution in [0, 0.1) is 23.2 Å². The van der Waals surface area contributed by atoms with E-state index in [0.717, 1.165) is 36.3 Å². The quantitative estimate of drug-likeness (QED) is 0.269. The molecule has 0 aromatic rings. The lowest BCUT2D eigenvalue weighted by Gasteiger charge is -2.44. The molecule has 0 radical (unpaired) electrons. The van der Waals surface area contributed by atoms with Crippen molar-refractivity contribution in [2.24, 2.45) is 23.2 Å². The minimum absolute atomic E-state index is 0.168. The Morgan fingerprint density at radius 1 is 1.35 bits per heavy atom. The number of ether oxygens (including phenoxy) is 1. The first-order valence-electron chi connectivity index (χ1n) is 13.2. The van der Waals surface area contributed by atoms with Crippen molar-refractivity contribution in [3.63, 3.8) is 0 Å². The molecular weight excluding hydrogens is 492 g/mol. The van der Waals surface area contributed by atoms with Gasteiger partial charge >= 0.3 is 5.97 Å². The van der Waals surface area contributed by atoms with E-state index in [-0.39, 0.29) is 17.4 Å². The first-order chi connectivity index (χ1) is 15.9. The molecule has 0 aliphatic heterocycles. The van der Waals surface area contributed by atoms with E-state index in [2.05, 4.69) is 48.5 Å². The van der Waals surface area contributed by atoms with E-state index in [9.17, 15) is 15.0 Å². The van der Waals surface area contributed by atoms with E-state index >= 15 is 0 Å². The van der Waals surface area contributed by atoms with Gasteiger partial charge in [-0.25, -0.2) is 0 Å². The highest BCUT2D eigenvalue weighted by Crippen LogP contribution is 2.60. The van der Waals surface area contributed by atoms with Crippen molar-refractivity contribution in [3.05, 3.63) is 35.5 Å². The van der Waals surface area contributed by atoms with Crippen LogP contribution >= 0.6 is 15.9 Å². The third-order valence-electron chi connectivity index (χ3n) is 8.83. The second-order valence-corrected chi connectivity index (χ2v) is 12.5. The van der Waals surface area contributed by atoms with Crippen molar-refractivity contribution in [2.45, 2.75) is 110 Å². The molecule has 3 rings (SSSR count). The molecule has 5 heteroatoms. The largest absolute Gasteiger partial charge is 0.461 e. The molecule has 0 amide bonds. The van der Waals surface area contributed by atoms with Crippen molar-refractivity contribution in [1.29, 1.82) is 0 Å². The third kappa shape index (κ3) is 6.64. The summed E-state index contributed by atoms with van der Waals surface area (Å²) in [6.45, 7) is 12.9. The molecule has 3 unspecified atom stereocenters. The van der Waals surface area contributed by atoms with Gasteiger partial charge in [-0.2, -0.15) is 0 Å². The molecule has 2 N–H and O–H groups in total. The van der Waals surface area contributed by atoms with Gasteiger partial charge in [-0.1, -0.05) is 66.9 Å². The number of carbonyl (C=O) groups is 1. The predicted octanol–water partition coefficient (Wildman–Crippen LogP) is 6.65. The summed E-state index contributed by atoms with van der Waals surface area (Å²) in [5.41, 5.74) is 3.06. The van der Waals surface area contributed by atoms with Gasteiger partial charge in [0.25, 0.3) is 0 Å². The van der Waals surface area contributed by atoms with E-state index in [1.54, 1.807) is 0 Å². The maximum absolute atomic E-state index is 11.7. The van der Waals surface area contributed by atoms with Crippen LogP contribution in [0.1, 0.15) is 91.9 Å². The van der Waals surface area contributed by atoms with Gasteiger partial charge in [-0.3, -0.25) is 4.79 Å². The maximum Gasteiger partial charge on any atom is 0.316 e. The van der Waals surface area contributed by atoms with Gasteiger partial charge < -0.3 is 14.9 Å². The summed E-state index contributed by atoms with van der Waals surface area (Å²) in [5, 5.41) is 20.7. The molecule has 0 bridgehead atoms. The second-order valence-electron chi connectivity index (χ2n) is 11.9. The van der Waals surface area contributed by atoms with Crippen molar-refractivity contribution in [3.8, 4) is 0 Å². The number of halogens is 1. The summed E-state index contributed by atoms with van der Waals surface area (Å²) in [6.07, 6.45) is 13.8. The lowest BCUT2D eigenvalue weighted by Crippen LogP contribution is -2.36. The number of aliphatic hydroxyl groups excluding tert-OH is 1. The summed E-state index contributed by atoms with van der Waals surface area (Å²) in [5.74, 6) is 1.73. The fraction of sp³-hybridized carbons (Fsp3) is 0.759. The zero-order valence-corrected chi connectivity index (χ0v) is 23.2. The molecule has 0 spiro atoms. The Morgan fingerprint density at radius 2 is 2.09 bits per heavy atom. The summed E-state index contributed by atoms with van der Waals surface area (Å²) < 4.78 is 5.50. The fourth-order valence-electron chi connectivity index (χ4n) is 7.03. The molecule has 3 aliphatic carbocycles. The minimum atomic E-state index is -0.663. The molecule has 0 heterocycles. The van der Waals surface area contributed by atoms with Gasteiger partial charge in [0.2, 0.25) is 0 Å². The average molecular weight is 538 g/mol. The minimum Gasteiger partial charge on any atom is -0.461 e. The van der Waals surface area contributed by atoms with Crippen molar-refractivity contribution in [2.75, 3.05) is 5.33 Å². The molecule has 0 aromatic carbocycles. The number of hydrogen-bond acceptors (Lipinski definition) is 4. The number of rotatable bonds is 8. The smallest absolute Gasteiger partial charge is 0.316 e. The van der Waals surface area contributed by atoms with E-state index in [1.165, 1.54) is 37.7 Å². The molecule has 192 valence electrons. The SMILES string of the molecule is C=C1/C(=C\C=C2/CCC[C@@]3(C)C2CC[C@@H]3C(C)CCCC(C)(C)O)C[C@@H](OC(=O)CBr)CC1O. The van der Waals surface area contributed by atoms with Crippen LogP contribution in [0.3, 0.4) is 0 Å². The number of allylic oxidation sites excluding steroid dienone is 3. The summed E-state index contributed by atoms with van der Waals surface area (Å²) in [4.78, 5) is 11.7. The Hall–Kier alpha value is -0.910. The van der Waals surface area contributed by atoms with E-state index in [4.69, 9.17) is 4.74 Å². The monoisotopic (exact) mass is 536 g/mol. The summed E-state index contributed by atoms with van der Waals surface area (Å²) >= 11 is 3.14. The van der Waals surface area contributed by atoms with Crippen LogP contribution in [-0.4, -0.2) is 39.3 Å². The van der Waals surface area contributed by atoms with Crippen LogP contribution < -0.4 is 0 Å². The highest BCUT2D eigenvalue weighted by Gasteiger charge is 2.50. The molecule has 3 saturated carbocycles. The Labute approximate surface area is 215 Å². The van der Waals surface area contributed by atoms with Gasteiger partial charge in [0.1, 0.15) is 11.4 Å². The third-order valence-corrected chi connectivity index (χ3v) is 9.28. The molecule has 34 heavy (non-hydrogen) atoms. The molecule has 6 atom stereocenters. The predicted molar refractivity (Wildman–Crippen MR) is 142 cm³/mol. The van der Waals surface area contributed by atoms with Gasteiger partial charge in [-0.05, 0) is 86.7 Å². The topological polar surface area (TPSA) is 66.8 Å². The lowest BCUT2D eigenvalue weighted by atomic mass is 9.60. The molecule has 3 fully saturated rings. The van der Waals surface area contributed by atoms with E-state index < -0.39 is 11.7 Å². The zero-order chi connectivity index (χ0) is 25.1. The summed E-state index contributed by atoms with van der Waals surface area (Å²) in [7, 11) is 0. The number of fused-ring (bicyclic) bond motifs is 1. The lowest BCUT2D eigenvalue weighted by molar-refractivity contribution is -0.147. The number of esters is 1. The number of aliphatic hydroxyl groups is 2. The zero-order valence-electron chi connectivity index (χ0n) is 21.6. The van der Waals surface area contributed by atoms with Gasteiger partial charge in [0, 0.05) is 12.8 Å². The summed E-state index contributed by atoms with van der Waals surface area (Å²) in [6, 6.07) is 0. The second kappa shape index (κ2) is 11.4. The van der Waals surface area contributed by atoms with Crippen LogP contribution in [0.15, 0.2) is 35.5 Å². The van der Waals surface area contributed by atoms with Crippen molar-refractivity contribution < 1.29 is 19.7 Å². The Kier molecular flexibility index (Phi) is 9.30. The Balaban J connectivity index is 1.71. The molecule has 0 aromatic heterocycles. The Morgan fingerprint density at radius 3 is 2.76 bits per heavy atom. The number of carbonyl (C=O) groups excluding carboxylic acids is 1. The van der Waals surface area contributed by atoms with Crippen molar-refractivity contribution >= 4 is 21.9 Å². The maximum atomic E-state index is 11.7. The highest BCUT2D eigenvalue weighted by atomic mass is 79.9. The van der Waals surface area contributed by atoms with Gasteiger partial charge in [0.05, 0.1) is 11.7 Å². The van der Waals surface area contributed by atoms with Crippen LogP contribution in [0.5, 0.6) is 0 Å². The molecule has 3 aliphatic rings. The molecule has 4 nitrogen and oxygen atoms in total. The van der Waals surface area contributed by atoms with E-state index in [1.807, 2.05) is 13.8 Å². The molecule has 0 saturated heterocycles. The molecular formula is C29H45BrO4.